The van der Waals surface area contributed by atoms with E-state index in [1.165, 1.54) is 49.8 Å². The lowest BCUT2D eigenvalue weighted by Crippen LogP contribution is -2.42. The molecular formula is C29H42N4O2. The minimum atomic E-state index is -0.127. The number of benzene rings is 1. The van der Waals surface area contributed by atoms with Crippen molar-refractivity contribution in [1.82, 2.24) is 15.2 Å². The third-order valence-corrected chi connectivity index (χ3v) is 8.10. The minimum Gasteiger partial charge on any atom is -0.369 e. The van der Waals surface area contributed by atoms with Crippen LogP contribution in [0.5, 0.6) is 0 Å². The van der Waals surface area contributed by atoms with E-state index in [4.69, 9.17) is 0 Å². The zero-order chi connectivity index (χ0) is 25.3. The average molecular weight is 479 g/mol. The lowest BCUT2D eigenvalue weighted by Gasteiger charge is -2.40. The summed E-state index contributed by atoms with van der Waals surface area (Å²) >= 11 is 0. The molecule has 0 aliphatic heterocycles. The number of pyridine rings is 1. The van der Waals surface area contributed by atoms with Gasteiger partial charge in [-0.05, 0) is 121 Å². The molecule has 1 amide bonds. The third-order valence-electron chi connectivity index (χ3n) is 8.10. The number of amides is 1. The summed E-state index contributed by atoms with van der Waals surface area (Å²) < 4.78 is 0. The number of hydrogen-bond acceptors (Lipinski definition) is 4. The Hall–Kier alpha value is -2.60. The van der Waals surface area contributed by atoms with E-state index in [2.05, 4.69) is 60.2 Å². The summed E-state index contributed by atoms with van der Waals surface area (Å²) in [5.74, 6) is 0.462. The molecule has 1 aromatic heterocycles. The van der Waals surface area contributed by atoms with E-state index >= 15 is 0 Å². The molecule has 2 aliphatic carbocycles. The van der Waals surface area contributed by atoms with Gasteiger partial charge in [-0.3, -0.25) is 9.59 Å². The molecule has 35 heavy (non-hydrogen) atoms. The topological polar surface area (TPSA) is 68.4 Å². The molecule has 2 aliphatic rings. The van der Waals surface area contributed by atoms with Crippen molar-refractivity contribution in [1.29, 1.82) is 0 Å². The van der Waals surface area contributed by atoms with Gasteiger partial charge in [0.15, 0.2) is 0 Å². The summed E-state index contributed by atoms with van der Waals surface area (Å²) in [6.07, 6.45) is 7.19. The van der Waals surface area contributed by atoms with Crippen molar-refractivity contribution in [3.8, 4) is 0 Å². The van der Waals surface area contributed by atoms with E-state index in [0.29, 0.717) is 23.6 Å². The lowest BCUT2D eigenvalue weighted by molar-refractivity contribution is 0.0950. The fourth-order valence-corrected chi connectivity index (χ4v) is 5.78. The Kier molecular flexibility index (Phi) is 7.70. The van der Waals surface area contributed by atoms with E-state index in [1.54, 1.807) is 0 Å². The number of aryl methyl sites for hydroxylation is 2. The Bertz CT molecular complexity index is 1120. The molecule has 6 heteroatoms. The van der Waals surface area contributed by atoms with Gasteiger partial charge >= 0.3 is 0 Å². The number of carbonyl (C=O) groups excluding carboxylic acids is 1. The van der Waals surface area contributed by atoms with Crippen LogP contribution in [0.4, 0.5) is 5.69 Å². The number of rotatable bonds is 8. The summed E-state index contributed by atoms with van der Waals surface area (Å²) in [6, 6.07) is 7.56. The van der Waals surface area contributed by atoms with E-state index in [-0.39, 0.29) is 18.0 Å². The number of hydrogen-bond donors (Lipinski definition) is 2. The van der Waals surface area contributed by atoms with Gasteiger partial charge in [0.2, 0.25) is 0 Å². The summed E-state index contributed by atoms with van der Waals surface area (Å²) in [6.45, 7) is 9.27. The number of anilines is 1. The number of H-pyrrole nitrogens is 1. The molecule has 1 aromatic carbocycles. The smallest absolute Gasteiger partial charge is 0.253 e. The molecule has 0 atom stereocenters. The SMILES string of the molecule is CCN(c1cc(C2CC2)cc(C(=O)NCc2c(C)cc(C)[nH]c2=O)c1C)[C@H]1CC[C@H](N(C)C)CC1. The molecule has 0 unspecified atom stereocenters. The van der Waals surface area contributed by atoms with Crippen LogP contribution >= 0.6 is 0 Å². The third kappa shape index (κ3) is 5.64. The van der Waals surface area contributed by atoms with Crippen molar-refractivity contribution >= 4 is 11.6 Å². The summed E-state index contributed by atoms with van der Waals surface area (Å²) in [5, 5.41) is 3.04. The number of carbonyl (C=O) groups is 1. The van der Waals surface area contributed by atoms with Crippen LogP contribution in [0.15, 0.2) is 23.0 Å². The Morgan fingerprint density at radius 2 is 1.66 bits per heavy atom. The predicted molar refractivity (Wildman–Crippen MR) is 144 cm³/mol. The van der Waals surface area contributed by atoms with Gasteiger partial charge < -0.3 is 20.1 Å². The van der Waals surface area contributed by atoms with Crippen LogP contribution in [0.3, 0.4) is 0 Å². The first kappa shape index (κ1) is 25.5. The Morgan fingerprint density at radius 3 is 2.23 bits per heavy atom. The molecule has 0 radical (unpaired) electrons. The molecule has 2 N–H and O–H groups in total. The summed E-state index contributed by atoms with van der Waals surface area (Å²) in [4.78, 5) is 33.6. The van der Waals surface area contributed by atoms with Crippen molar-refractivity contribution in [2.24, 2.45) is 0 Å². The second kappa shape index (κ2) is 10.6. The molecule has 1 heterocycles. The highest BCUT2D eigenvalue weighted by Gasteiger charge is 2.31. The van der Waals surface area contributed by atoms with Gasteiger partial charge in [-0.25, -0.2) is 0 Å². The molecule has 2 fully saturated rings. The van der Waals surface area contributed by atoms with Crippen molar-refractivity contribution in [2.45, 2.75) is 90.8 Å². The quantitative estimate of drug-likeness (QED) is 0.572. The monoisotopic (exact) mass is 478 g/mol. The zero-order valence-corrected chi connectivity index (χ0v) is 22.3. The first-order valence-electron chi connectivity index (χ1n) is 13.2. The highest BCUT2D eigenvalue weighted by Crippen LogP contribution is 2.43. The van der Waals surface area contributed by atoms with E-state index in [0.717, 1.165) is 28.9 Å². The second-order valence-electron chi connectivity index (χ2n) is 10.8. The number of nitrogens with zero attached hydrogens (tertiary/aromatic N) is 2. The van der Waals surface area contributed by atoms with Gasteiger partial charge in [0, 0.05) is 47.7 Å². The van der Waals surface area contributed by atoms with Crippen molar-refractivity contribution in [3.05, 3.63) is 62.1 Å². The maximum absolute atomic E-state index is 13.4. The van der Waals surface area contributed by atoms with Crippen LogP contribution in [0.2, 0.25) is 0 Å². The van der Waals surface area contributed by atoms with E-state index in [1.807, 2.05) is 19.9 Å². The Balaban J connectivity index is 1.59. The molecule has 0 spiro atoms. The first-order valence-corrected chi connectivity index (χ1v) is 13.2. The van der Waals surface area contributed by atoms with Gasteiger partial charge in [-0.15, -0.1) is 0 Å². The van der Waals surface area contributed by atoms with Gasteiger partial charge in [0.25, 0.3) is 11.5 Å². The highest BCUT2D eigenvalue weighted by molar-refractivity contribution is 5.97. The maximum atomic E-state index is 13.4. The van der Waals surface area contributed by atoms with Crippen LogP contribution in [0.1, 0.15) is 89.7 Å². The van der Waals surface area contributed by atoms with Crippen LogP contribution < -0.4 is 15.8 Å². The van der Waals surface area contributed by atoms with Crippen LogP contribution in [-0.4, -0.2) is 48.5 Å². The molecule has 0 saturated heterocycles. The standard InChI is InChI=1S/C29H42N4O2/c1-7-33(24-12-10-23(11-13-24)32(5)6)27-16-22(21-8-9-21)15-25(20(27)4)28(34)30-17-26-18(2)14-19(3)31-29(26)35/h14-16,21,23-24H,7-13,17H2,1-6H3,(H,30,34)(H,31,35)/t23-,24-. The Morgan fingerprint density at radius 1 is 1.00 bits per heavy atom. The van der Waals surface area contributed by atoms with Crippen molar-refractivity contribution in [3.63, 3.8) is 0 Å². The molecule has 2 saturated carbocycles. The molecule has 2 aromatic rings. The van der Waals surface area contributed by atoms with Crippen molar-refractivity contribution < 1.29 is 4.79 Å². The number of aromatic amines is 1. The largest absolute Gasteiger partial charge is 0.369 e. The fourth-order valence-electron chi connectivity index (χ4n) is 5.78. The minimum absolute atomic E-state index is 0.0991. The highest BCUT2D eigenvalue weighted by atomic mass is 16.1. The Labute approximate surface area is 210 Å². The normalized spacial score (nSPS) is 20.2. The van der Waals surface area contributed by atoms with Crippen LogP contribution in [-0.2, 0) is 6.54 Å². The van der Waals surface area contributed by atoms with E-state index in [9.17, 15) is 9.59 Å². The van der Waals surface area contributed by atoms with Crippen LogP contribution in [0.25, 0.3) is 0 Å². The maximum Gasteiger partial charge on any atom is 0.253 e. The van der Waals surface area contributed by atoms with Gasteiger partial charge in [0.1, 0.15) is 0 Å². The van der Waals surface area contributed by atoms with Crippen molar-refractivity contribution in [2.75, 3.05) is 25.5 Å². The zero-order valence-electron chi connectivity index (χ0n) is 22.3. The number of nitrogens with one attached hydrogen (secondary N) is 2. The summed E-state index contributed by atoms with van der Waals surface area (Å²) in [5.41, 5.74) is 6.50. The van der Waals surface area contributed by atoms with Crippen LogP contribution in [0, 0.1) is 20.8 Å². The molecule has 0 bridgehead atoms. The average Bonchev–Trinajstić information content (AvgIpc) is 3.65. The number of aromatic nitrogens is 1. The lowest BCUT2D eigenvalue weighted by atomic mass is 9.88. The van der Waals surface area contributed by atoms with Gasteiger partial charge in [0.05, 0.1) is 0 Å². The molecule has 190 valence electrons. The molecular weight excluding hydrogens is 436 g/mol. The fraction of sp³-hybridized carbons (Fsp3) is 0.586. The molecule has 6 nitrogen and oxygen atoms in total. The molecule has 4 rings (SSSR count). The van der Waals surface area contributed by atoms with Gasteiger partial charge in [-0.1, -0.05) is 0 Å². The van der Waals surface area contributed by atoms with Gasteiger partial charge in [-0.2, -0.15) is 0 Å². The predicted octanol–water partition coefficient (Wildman–Crippen LogP) is 4.81. The van der Waals surface area contributed by atoms with E-state index < -0.39 is 0 Å². The first-order chi connectivity index (χ1) is 16.7. The summed E-state index contributed by atoms with van der Waals surface area (Å²) in [7, 11) is 4.37. The second-order valence-corrected chi connectivity index (χ2v) is 10.8.